The summed E-state index contributed by atoms with van der Waals surface area (Å²) in [5.74, 6) is -0.349. The third-order valence-corrected chi connectivity index (χ3v) is 2.69. The first-order valence-corrected chi connectivity index (χ1v) is 6.69. The minimum Gasteiger partial charge on any atom is -0.367 e. The Kier molecular flexibility index (Phi) is 5.11. The molecule has 0 saturated heterocycles. The van der Waals surface area contributed by atoms with E-state index in [1.807, 2.05) is 0 Å². The summed E-state index contributed by atoms with van der Waals surface area (Å²) in [6.45, 7) is -0.224. The molecule has 1 amide bonds. The van der Waals surface area contributed by atoms with Crippen LogP contribution in [0.1, 0.15) is 5.56 Å². The fraction of sp³-hybridized carbons (Fsp3) is 0.308. The Morgan fingerprint density at radius 2 is 2.00 bits per heavy atom. The molecular formula is C13H14F3N7O. The van der Waals surface area contributed by atoms with Crippen molar-refractivity contribution in [3.63, 3.8) is 0 Å². The van der Waals surface area contributed by atoms with E-state index >= 15 is 0 Å². The first-order chi connectivity index (χ1) is 11.3. The molecule has 2 aromatic rings. The second kappa shape index (κ2) is 7.06. The number of aromatic nitrogens is 4. The van der Waals surface area contributed by atoms with E-state index in [0.717, 1.165) is 16.9 Å². The Balaban J connectivity index is 2.01. The number of hydrogen-bond acceptors (Lipinski definition) is 5. The summed E-state index contributed by atoms with van der Waals surface area (Å²) in [4.78, 5) is 14.3. The lowest BCUT2D eigenvalue weighted by atomic mass is 10.1. The molecule has 128 valence electrons. The summed E-state index contributed by atoms with van der Waals surface area (Å²) in [7, 11) is 3.48. The molecule has 1 aromatic heterocycles. The van der Waals surface area contributed by atoms with Crippen LogP contribution in [0.5, 0.6) is 0 Å². The van der Waals surface area contributed by atoms with Crippen LogP contribution in [0.2, 0.25) is 0 Å². The van der Waals surface area contributed by atoms with Crippen molar-refractivity contribution < 1.29 is 18.0 Å². The molecule has 0 saturated carbocycles. The van der Waals surface area contributed by atoms with Crippen LogP contribution in [-0.2, 0) is 17.5 Å². The van der Waals surface area contributed by atoms with Crippen LogP contribution in [0.25, 0.3) is 11.4 Å². The molecule has 11 heteroatoms. The number of rotatable bonds is 5. The van der Waals surface area contributed by atoms with Gasteiger partial charge in [-0.1, -0.05) is 12.1 Å². The number of hydrogen-bond donors (Lipinski definition) is 1. The molecule has 0 atom stereocenters. The lowest BCUT2D eigenvalue weighted by molar-refractivity contribution is -0.137. The van der Waals surface area contributed by atoms with Gasteiger partial charge in [-0.05, 0) is 17.3 Å². The molecule has 1 N–H and O–H groups in total. The van der Waals surface area contributed by atoms with Gasteiger partial charge in [0.05, 0.1) is 5.56 Å². The monoisotopic (exact) mass is 341 g/mol. The number of carbonyl (C=O) groups is 1. The van der Waals surface area contributed by atoms with Gasteiger partial charge in [0.15, 0.2) is 0 Å². The standard InChI is InChI=1S/C13H14F3N7O/c1-22(2)8-17-18-11(24)7-23-20-12(19-21-23)9-3-5-10(6-4-9)13(14,15)16/h3-6,8H,7H2,1-2H3,(H,18,24). The third-order valence-electron chi connectivity index (χ3n) is 2.69. The SMILES string of the molecule is CN(C)C=NNC(=O)Cn1nnc(-c2ccc(C(F)(F)F)cc2)n1. The predicted molar refractivity (Wildman–Crippen MR) is 78.6 cm³/mol. The second-order valence-corrected chi connectivity index (χ2v) is 4.96. The zero-order chi connectivity index (χ0) is 17.7. The first kappa shape index (κ1) is 17.4. The Hall–Kier alpha value is -2.98. The summed E-state index contributed by atoms with van der Waals surface area (Å²) in [5.41, 5.74) is 1.87. The highest BCUT2D eigenvalue weighted by atomic mass is 19.4. The van der Waals surface area contributed by atoms with Gasteiger partial charge in [0, 0.05) is 19.7 Å². The van der Waals surface area contributed by atoms with E-state index < -0.39 is 17.6 Å². The minimum atomic E-state index is -4.41. The summed E-state index contributed by atoms with van der Waals surface area (Å²) < 4.78 is 37.5. The van der Waals surface area contributed by atoms with Crippen LogP contribution in [0.4, 0.5) is 13.2 Å². The molecular weight excluding hydrogens is 327 g/mol. The number of carbonyl (C=O) groups excluding carboxylic acids is 1. The van der Waals surface area contributed by atoms with Gasteiger partial charge in [0.25, 0.3) is 5.91 Å². The molecule has 1 heterocycles. The molecule has 0 bridgehead atoms. The van der Waals surface area contributed by atoms with Crippen LogP contribution < -0.4 is 5.43 Å². The van der Waals surface area contributed by atoms with Crippen LogP contribution in [0, 0.1) is 0 Å². The van der Waals surface area contributed by atoms with E-state index in [4.69, 9.17) is 0 Å². The third kappa shape index (κ3) is 4.76. The van der Waals surface area contributed by atoms with Crippen molar-refractivity contribution in [2.24, 2.45) is 5.10 Å². The highest BCUT2D eigenvalue weighted by Crippen LogP contribution is 2.30. The quantitative estimate of drug-likeness (QED) is 0.498. The number of hydrazone groups is 1. The van der Waals surface area contributed by atoms with E-state index in [2.05, 4.69) is 25.9 Å². The van der Waals surface area contributed by atoms with Gasteiger partial charge in [0.1, 0.15) is 12.9 Å². The molecule has 0 aliphatic rings. The molecule has 0 aliphatic carbocycles. The van der Waals surface area contributed by atoms with Crippen molar-refractivity contribution in [2.45, 2.75) is 12.7 Å². The largest absolute Gasteiger partial charge is 0.416 e. The lowest BCUT2D eigenvalue weighted by Gasteiger charge is -2.05. The fourth-order valence-corrected chi connectivity index (χ4v) is 1.61. The van der Waals surface area contributed by atoms with E-state index in [1.54, 1.807) is 19.0 Å². The number of nitrogens with zero attached hydrogens (tertiary/aromatic N) is 6. The van der Waals surface area contributed by atoms with Crippen molar-refractivity contribution in [2.75, 3.05) is 14.1 Å². The molecule has 24 heavy (non-hydrogen) atoms. The Morgan fingerprint density at radius 1 is 1.33 bits per heavy atom. The van der Waals surface area contributed by atoms with Gasteiger partial charge in [0.2, 0.25) is 5.82 Å². The lowest BCUT2D eigenvalue weighted by Crippen LogP contribution is -2.25. The molecule has 0 radical (unpaired) electrons. The maximum Gasteiger partial charge on any atom is 0.416 e. The van der Waals surface area contributed by atoms with E-state index in [-0.39, 0.29) is 12.4 Å². The van der Waals surface area contributed by atoms with Crippen LogP contribution in [0.3, 0.4) is 0 Å². The molecule has 0 fully saturated rings. The average Bonchev–Trinajstić information content (AvgIpc) is 2.94. The summed E-state index contributed by atoms with van der Waals surface area (Å²) in [5, 5.41) is 15.0. The molecule has 1 aromatic carbocycles. The van der Waals surface area contributed by atoms with Crippen molar-refractivity contribution in [1.29, 1.82) is 0 Å². The van der Waals surface area contributed by atoms with Gasteiger partial charge < -0.3 is 4.90 Å². The smallest absolute Gasteiger partial charge is 0.367 e. The molecule has 0 aliphatic heterocycles. The van der Waals surface area contributed by atoms with Gasteiger partial charge in [-0.3, -0.25) is 4.79 Å². The highest BCUT2D eigenvalue weighted by Gasteiger charge is 2.30. The summed E-state index contributed by atoms with van der Waals surface area (Å²) in [6.07, 6.45) is -3.00. The Morgan fingerprint density at radius 3 is 2.58 bits per heavy atom. The molecule has 8 nitrogen and oxygen atoms in total. The van der Waals surface area contributed by atoms with Gasteiger partial charge >= 0.3 is 6.18 Å². The number of alkyl halides is 3. The van der Waals surface area contributed by atoms with E-state index in [9.17, 15) is 18.0 Å². The van der Waals surface area contributed by atoms with Crippen molar-refractivity contribution in [3.05, 3.63) is 29.8 Å². The molecule has 0 unspecified atom stereocenters. The highest BCUT2D eigenvalue weighted by molar-refractivity contribution is 5.76. The van der Waals surface area contributed by atoms with Gasteiger partial charge in [-0.2, -0.15) is 23.1 Å². The fourth-order valence-electron chi connectivity index (χ4n) is 1.61. The number of halogens is 3. The van der Waals surface area contributed by atoms with Gasteiger partial charge in [-0.25, -0.2) is 5.43 Å². The second-order valence-electron chi connectivity index (χ2n) is 4.96. The average molecular weight is 341 g/mol. The number of benzene rings is 1. The van der Waals surface area contributed by atoms with Crippen LogP contribution in [0.15, 0.2) is 29.4 Å². The minimum absolute atomic E-state index is 0.119. The normalized spacial score (nSPS) is 11.7. The van der Waals surface area contributed by atoms with E-state index in [1.165, 1.54) is 18.5 Å². The number of tetrazole rings is 1. The first-order valence-electron chi connectivity index (χ1n) is 6.69. The van der Waals surface area contributed by atoms with Crippen LogP contribution >= 0.6 is 0 Å². The molecule has 2 rings (SSSR count). The zero-order valence-electron chi connectivity index (χ0n) is 12.8. The van der Waals surface area contributed by atoms with Crippen molar-refractivity contribution >= 4 is 12.2 Å². The maximum absolute atomic E-state index is 12.5. The maximum atomic E-state index is 12.5. The summed E-state index contributed by atoms with van der Waals surface area (Å²) in [6, 6.07) is 4.34. The predicted octanol–water partition coefficient (Wildman–Crippen LogP) is 0.980. The Labute approximate surface area is 134 Å². The zero-order valence-corrected chi connectivity index (χ0v) is 12.8. The summed E-state index contributed by atoms with van der Waals surface area (Å²) >= 11 is 0. The number of nitrogens with one attached hydrogen (secondary N) is 1. The van der Waals surface area contributed by atoms with Gasteiger partial charge in [-0.15, -0.1) is 10.2 Å². The molecule has 0 spiro atoms. The topological polar surface area (TPSA) is 88.3 Å². The van der Waals surface area contributed by atoms with Crippen molar-refractivity contribution in [3.8, 4) is 11.4 Å². The number of amides is 1. The van der Waals surface area contributed by atoms with Crippen LogP contribution in [-0.4, -0.2) is 51.4 Å². The van der Waals surface area contributed by atoms with Crippen molar-refractivity contribution in [1.82, 2.24) is 30.5 Å². The Bertz CT molecular complexity index is 722. The van der Waals surface area contributed by atoms with E-state index in [0.29, 0.717) is 5.56 Å².